The number of ether oxygens (including phenoxy) is 1. The maximum atomic E-state index is 12.3. The van der Waals surface area contributed by atoms with E-state index in [1.54, 1.807) is 24.3 Å². The molecule has 1 amide bonds. The number of thioether (sulfide) groups is 1. The minimum Gasteiger partial charge on any atom is -0.497 e. The van der Waals surface area contributed by atoms with Crippen LogP contribution < -0.4 is 15.6 Å². The number of aromatic nitrogens is 2. The Morgan fingerprint density at radius 2 is 2.07 bits per heavy atom. The van der Waals surface area contributed by atoms with Crippen molar-refractivity contribution in [2.75, 3.05) is 18.2 Å². The molecule has 29 heavy (non-hydrogen) atoms. The van der Waals surface area contributed by atoms with Crippen molar-refractivity contribution >= 4 is 45.9 Å². The van der Waals surface area contributed by atoms with Crippen molar-refractivity contribution in [1.29, 1.82) is 5.26 Å². The number of hydrogen-bond acceptors (Lipinski definition) is 6. The van der Waals surface area contributed by atoms with Gasteiger partial charge in [0.25, 0.3) is 5.56 Å². The first-order valence-electron chi connectivity index (χ1n) is 8.37. The predicted octanol–water partition coefficient (Wildman–Crippen LogP) is 3.65. The number of carbonyl (C=O) groups excluding carboxylic acids is 1. The first kappa shape index (κ1) is 20.9. The molecule has 3 aromatic rings. The Hall–Kier alpha value is -2.84. The van der Waals surface area contributed by atoms with E-state index in [0.717, 1.165) is 15.3 Å². The highest BCUT2D eigenvalue weighted by Crippen LogP contribution is 2.25. The molecule has 9 heteroatoms. The second kappa shape index (κ2) is 9.58. The molecule has 0 atom stereocenters. The van der Waals surface area contributed by atoms with E-state index >= 15 is 0 Å². The Bertz CT molecular complexity index is 1140. The first-order chi connectivity index (χ1) is 14.0. The molecule has 3 rings (SSSR count). The van der Waals surface area contributed by atoms with Crippen molar-refractivity contribution in [3.63, 3.8) is 0 Å². The van der Waals surface area contributed by atoms with Crippen LogP contribution in [0.15, 0.2) is 58.5 Å². The number of nitrogens with one attached hydrogen (secondary N) is 2. The molecule has 1 heterocycles. The molecule has 0 aliphatic rings. The fraction of sp³-hybridized carbons (Fsp3) is 0.100. The fourth-order valence-electron chi connectivity index (χ4n) is 2.47. The Kier molecular flexibility index (Phi) is 6.90. The highest BCUT2D eigenvalue weighted by Gasteiger charge is 2.15. The third-order valence-corrected chi connectivity index (χ3v) is 5.41. The van der Waals surface area contributed by atoms with Crippen molar-refractivity contribution in [2.24, 2.45) is 0 Å². The lowest BCUT2D eigenvalue weighted by atomic mass is 10.1. The smallest absolute Gasteiger partial charge is 0.270 e. The summed E-state index contributed by atoms with van der Waals surface area (Å²) in [7, 11) is 1.53. The largest absolute Gasteiger partial charge is 0.497 e. The SMILES string of the molecule is COc1cccc(-c2nc(SCC(=O)Nc3ccc(I)cc3)[nH]c(=O)c2C#N)c1. The second-order valence-corrected chi connectivity index (χ2v) is 7.99. The molecule has 146 valence electrons. The van der Waals surface area contributed by atoms with Gasteiger partial charge in [-0.05, 0) is 59.0 Å². The van der Waals surface area contributed by atoms with Crippen LogP contribution in [0.25, 0.3) is 11.3 Å². The summed E-state index contributed by atoms with van der Waals surface area (Å²) in [6, 6.07) is 16.2. The summed E-state index contributed by atoms with van der Waals surface area (Å²) in [4.78, 5) is 31.5. The van der Waals surface area contributed by atoms with Gasteiger partial charge in [-0.3, -0.25) is 9.59 Å². The molecule has 0 bridgehead atoms. The first-order valence-corrected chi connectivity index (χ1v) is 10.4. The highest BCUT2D eigenvalue weighted by molar-refractivity contribution is 14.1. The summed E-state index contributed by atoms with van der Waals surface area (Å²) < 4.78 is 6.27. The van der Waals surface area contributed by atoms with E-state index in [0.29, 0.717) is 17.0 Å². The van der Waals surface area contributed by atoms with Crippen molar-refractivity contribution in [3.05, 3.63) is 68.0 Å². The number of methoxy groups -OCH3 is 1. The Morgan fingerprint density at radius 1 is 1.31 bits per heavy atom. The van der Waals surface area contributed by atoms with Crippen molar-refractivity contribution in [3.8, 4) is 23.1 Å². The minimum absolute atomic E-state index is 0.0539. The molecule has 0 radical (unpaired) electrons. The third kappa shape index (κ3) is 5.36. The number of carbonyl (C=O) groups is 1. The van der Waals surface area contributed by atoms with Gasteiger partial charge in [0, 0.05) is 14.8 Å². The van der Waals surface area contributed by atoms with Crippen LogP contribution in [0.4, 0.5) is 5.69 Å². The van der Waals surface area contributed by atoms with Crippen LogP contribution in [0.3, 0.4) is 0 Å². The Balaban J connectivity index is 1.80. The van der Waals surface area contributed by atoms with Gasteiger partial charge in [0.1, 0.15) is 17.4 Å². The van der Waals surface area contributed by atoms with Gasteiger partial charge in [-0.1, -0.05) is 23.9 Å². The Labute approximate surface area is 184 Å². The van der Waals surface area contributed by atoms with Gasteiger partial charge in [-0.15, -0.1) is 0 Å². The van der Waals surface area contributed by atoms with Gasteiger partial charge in [0.05, 0.1) is 18.6 Å². The number of nitriles is 1. The van der Waals surface area contributed by atoms with E-state index in [1.165, 1.54) is 7.11 Å². The molecule has 0 aliphatic heterocycles. The lowest BCUT2D eigenvalue weighted by molar-refractivity contribution is -0.113. The zero-order valence-corrected chi connectivity index (χ0v) is 18.2. The zero-order valence-electron chi connectivity index (χ0n) is 15.2. The number of benzene rings is 2. The lowest BCUT2D eigenvalue weighted by Gasteiger charge is -2.08. The number of H-pyrrole nitrogens is 1. The number of hydrogen-bond donors (Lipinski definition) is 2. The van der Waals surface area contributed by atoms with Crippen molar-refractivity contribution in [1.82, 2.24) is 9.97 Å². The quantitative estimate of drug-likeness (QED) is 0.293. The monoisotopic (exact) mass is 518 g/mol. The standard InChI is InChI=1S/C20H15IN4O3S/c1-28-15-4-2-3-12(9-15)18-16(10-22)19(27)25-20(24-18)29-11-17(26)23-14-7-5-13(21)6-8-14/h2-9H,11H2,1H3,(H,23,26)(H,24,25,27). The third-order valence-electron chi connectivity index (χ3n) is 3.82. The molecule has 7 nitrogen and oxygen atoms in total. The molecular weight excluding hydrogens is 503 g/mol. The Morgan fingerprint density at radius 3 is 2.76 bits per heavy atom. The molecular formula is C20H15IN4O3S. The van der Waals surface area contributed by atoms with Gasteiger partial charge in [0.2, 0.25) is 5.91 Å². The highest BCUT2D eigenvalue weighted by atomic mass is 127. The molecule has 0 saturated carbocycles. The van der Waals surface area contributed by atoms with Crippen LogP contribution in [0.5, 0.6) is 5.75 Å². The van der Waals surface area contributed by atoms with E-state index in [-0.39, 0.29) is 28.1 Å². The summed E-state index contributed by atoms with van der Waals surface area (Å²) in [5.74, 6) is 0.406. The number of rotatable bonds is 6. The van der Waals surface area contributed by atoms with Crippen LogP contribution in [0.1, 0.15) is 5.56 Å². The van der Waals surface area contributed by atoms with Crippen LogP contribution in [0.2, 0.25) is 0 Å². The van der Waals surface area contributed by atoms with E-state index in [9.17, 15) is 14.9 Å². The molecule has 0 spiro atoms. The molecule has 1 aromatic heterocycles. The van der Waals surface area contributed by atoms with E-state index in [1.807, 2.05) is 30.3 Å². The zero-order chi connectivity index (χ0) is 20.8. The summed E-state index contributed by atoms with van der Waals surface area (Å²) in [5.41, 5.74) is 0.869. The maximum absolute atomic E-state index is 12.3. The summed E-state index contributed by atoms with van der Waals surface area (Å²) in [6.45, 7) is 0. The molecule has 0 saturated heterocycles. The minimum atomic E-state index is -0.555. The van der Waals surface area contributed by atoms with Gasteiger partial charge < -0.3 is 15.0 Å². The topological polar surface area (TPSA) is 108 Å². The van der Waals surface area contributed by atoms with Crippen molar-refractivity contribution < 1.29 is 9.53 Å². The molecule has 0 unspecified atom stereocenters. The number of aromatic amines is 1. The average molecular weight is 518 g/mol. The van der Waals surface area contributed by atoms with Crippen molar-refractivity contribution in [2.45, 2.75) is 5.16 Å². The lowest BCUT2D eigenvalue weighted by Crippen LogP contribution is -2.17. The second-order valence-electron chi connectivity index (χ2n) is 5.78. The summed E-state index contributed by atoms with van der Waals surface area (Å²) >= 11 is 3.27. The van der Waals surface area contributed by atoms with Crippen LogP contribution >= 0.6 is 34.4 Å². The van der Waals surface area contributed by atoms with Crippen LogP contribution in [0, 0.1) is 14.9 Å². The number of halogens is 1. The van der Waals surface area contributed by atoms with Gasteiger partial charge in [-0.25, -0.2) is 4.98 Å². The van der Waals surface area contributed by atoms with E-state index < -0.39 is 5.56 Å². The number of amides is 1. The van der Waals surface area contributed by atoms with Crippen LogP contribution in [-0.4, -0.2) is 28.7 Å². The van der Waals surface area contributed by atoms with E-state index in [2.05, 4.69) is 37.9 Å². The van der Waals surface area contributed by atoms with Gasteiger partial charge in [0.15, 0.2) is 5.16 Å². The van der Waals surface area contributed by atoms with E-state index in [4.69, 9.17) is 4.74 Å². The summed E-state index contributed by atoms with van der Waals surface area (Å²) in [6.07, 6.45) is 0. The maximum Gasteiger partial charge on any atom is 0.270 e. The van der Waals surface area contributed by atoms with Crippen LogP contribution in [-0.2, 0) is 4.79 Å². The molecule has 2 aromatic carbocycles. The molecule has 0 fully saturated rings. The average Bonchev–Trinajstić information content (AvgIpc) is 2.73. The van der Waals surface area contributed by atoms with Gasteiger partial charge >= 0.3 is 0 Å². The number of nitrogens with zero attached hydrogens (tertiary/aromatic N) is 2. The predicted molar refractivity (Wildman–Crippen MR) is 120 cm³/mol. The number of anilines is 1. The van der Waals surface area contributed by atoms with Gasteiger partial charge in [-0.2, -0.15) is 5.26 Å². The molecule has 2 N–H and O–H groups in total. The summed E-state index contributed by atoms with van der Waals surface area (Å²) in [5, 5.41) is 12.4. The molecule has 0 aliphatic carbocycles. The fourth-order valence-corrected chi connectivity index (χ4v) is 3.49. The normalized spacial score (nSPS) is 10.2.